The number of ether oxygens (including phenoxy) is 1. The van der Waals surface area contributed by atoms with Crippen molar-refractivity contribution in [2.45, 2.75) is 18.7 Å². The van der Waals surface area contributed by atoms with Gasteiger partial charge < -0.3 is 20.5 Å². The monoisotopic (exact) mass is 290 g/mol. The van der Waals surface area contributed by atoms with Crippen molar-refractivity contribution in [1.29, 1.82) is 0 Å². The summed E-state index contributed by atoms with van der Waals surface area (Å²) in [5.74, 6) is 0.222. The molecule has 0 aromatic heterocycles. The number of halogens is 3. The van der Waals surface area contributed by atoms with Crippen molar-refractivity contribution in [3.8, 4) is 5.75 Å². The zero-order chi connectivity index (χ0) is 14.9. The molecule has 110 valence electrons. The van der Waals surface area contributed by atoms with Crippen molar-refractivity contribution < 1.29 is 27.8 Å². The lowest BCUT2D eigenvalue weighted by atomic mass is 10.1. The van der Waals surface area contributed by atoms with Crippen LogP contribution in [0.2, 0.25) is 0 Å². The highest BCUT2D eigenvalue weighted by Crippen LogP contribution is 2.27. The Morgan fingerprint density at radius 1 is 1.40 bits per heavy atom. The standard InChI is InChI=1S/C12H13F3N2O3/c13-12(14,15)4-7-1-8(16)3-9(2-7)20-10-5-17(6-10)11(18)19/h1-3,10H,4-6,16H2,(H,18,19). The number of likely N-dealkylation sites (tertiary alicyclic amines) is 1. The van der Waals surface area contributed by atoms with Gasteiger partial charge in [0.1, 0.15) is 11.9 Å². The van der Waals surface area contributed by atoms with Crippen LogP contribution in [0.4, 0.5) is 23.7 Å². The van der Waals surface area contributed by atoms with Gasteiger partial charge in [-0.1, -0.05) is 0 Å². The Morgan fingerprint density at radius 2 is 2.05 bits per heavy atom. The molecule has 0 spiro atoms. The van der Waals surface area contributed by atoms with Crippen molar-refractivity contribution in [2.75, 3.05) is 18.8 Å². The number of rotatable bonds is 3. The van der Waals surface area contributed by atoms with E-state index in [4.69, 9.17) is 15.6 Å². The maximum absolute atomic E-state index is 12.3. The van der Waals surface area contributed by atoms with E-state index in [-0.39, 0.29) is 36.2 Å². The van der Waals surface area contributed by atoms with Crippen LogP contribution in [0.1, 0.15) is 5.56 Å². The smallest absolute Gasteiger partial charge is 0.407 e. The molecule has 20 heavy (non-hydrogen) atoms. The number of benzene rings is 1. The summed E-state index contributed by atoms with van der Waals surface area (Å²) in [5, 5.41) is 8.66. The number of carbonyl (C=O) groups is 1. The van der Waals surface area contributed by atoms with Crippen LogP contribution in [0, 0.1) is 0 Å². The van der Waals surface area contributed by atoms with Gasteiger partial charge in [-0.05, 0) is 17.7 Å². The average Bonchev–Trinajstić information content (AvgIpc) is 2.18. The van der Waals surface area contributed by atoms with E-state index in [9.17, 15) is 18.0 Å². The van der Waals surface area contributed by atoms with Gasteiger partial charge in [0.05, 0.1) is 19.5 Å². The highest BCUT2D eigenvalue weighted by molar-refractivity contribution is 5.66. The van der Waals surface area contributed by atoms with Gasteiger partial charge in [-0.25, -0.2) is 4.79 Å². The second-order valence-corrected chi connectivity index (χ2v) is 4.63. The number of nitrogens with zero attached hydrogens (tertiary/aromatic N) is 1. The largest absolute Gasteiger partial charge is 0.487 e. The molecule has 1 heterocycles. The number of carboxylic acid groups (broad SMARTS) is 1. The molecule has 0 aliphatic carbocycles. The predicted octanol–water partition coefficient (Wildman–Crippen LogP) is 2.11. The van der Waals surface area contributed by atoms with Gasteiger partial charge in [0.25, 0.3) is 0 Å². The van der Waals surface area contributed by atoms with Gasteiger partial charge in [0, 0.05) is 11.8 Å². The van der Waals surface area contributed by atoms with Crippen molar-refractivity contribution in [3.05, 3.63) is 23.8 Å². The van der Waals surface area contributed by atoms with Gasteiger partial charge in [0.15, 0.2) is 0 Å². The third kappa shape index (κ3) is 3.69. The Bertz CT molecular complexity index is 513. The summed E-state index contributed by atoms with van der Waals surface area (Å²) in [5.41, 5.74) is 5.73. The van der Waals surface area contributed by atoms with Gasteiger partial charge in [0.2, 0.25) is 0 Å². The molecule has 1 aliphatic heterocycles. The quantitative estimate of drug-likeness (QED) is 0.836. The first kappa shape index (κ1) is 14.3. The van der Waals surface area contributed by atoms with E-state index >= 15 is 0 Å². The van der Waals surface area contributed by atoms with Crippen molar-refractivity contribution >= 4 is 11.8 Å². The Balaban J connectivity index is 2.00. The molecule has 0 unspecified atom stereocenters. The molecule has 8 heteroatoms. The van der Waals surface area contributed by atoms with Crippen LogP contribution in [0.5, 0.6) is 5.75 Å². The molecule has 1 aliphatic rings. The molecule has 0 bridgehead atoms. The summed E-state index contributed by atoms with van der Waals surface area (Å²) in [7, 11) is 0. The molecular weight excluding hydrogens is 277 g/mol. The minimum Gasteiger partial charge on any atom is -0.487 e. The Hall–Kier alpha value is -2.12. The second-order valence-electron chi connectivity index (χ2n) is 4.63. The third-order valence-electron chi connectivity index (χ3n) is 2.81. The summed E-state index contributed by atoms with van der Waals surface area (Å²) in [4.78, 5) is 11.7. The van der Waals surface area contributed by atoms with E-state index < -0.39 is 18.7 Å². The van der Waals surface area contributed by atoms with Crippen molar-refractivity contribution in [1.82, 2.24) is 4.90 Å². The number of hydrogen-bond acceptors (Lipinski definition) is 3. The van der Waals surface area contributed by atoms with Crippen LogP contribution in [0.3, 0.4) is 0 Å². The third-order valence-corrected chi connectivity index (χ3v) is 2.81. The number of hydrogen-bond donors (Lipinski definition) is 2. The maximum atomic E-state index is 12.3. The summed E-state index contributed by atoms with van der Waals surface area (Å²) in [6.07, 6.45) is -6.80. The molecular formula is C12H13F3N2O3. The van der Waals surface area contributed by atoms with Crippen LogP contribution in [0.15, 0.2) is 18.2 Å². The van der Waals surface area contributed by atoms with Crippen molar-refractivity contribution in [3.63, 3.8) is 0 Å². The van der Waals surface area contributed by atoms with Crippen LogP contribution in [0.25, 0.3) is 0 Å². The molecule has 1 fully saturated rings. The summed E-state index contributed by atoms with van der Waals surface area (Å²) >= 11 is 0. The molecule has 1 aromatic rings. The maximum Gasteiger partial charge on any atom is 0.407 e. The number of alkyl halides is 3. The van der Waals surface area contributed by atoms with Crippen molar-refractivity contribution in [2.24, 2.45) is 0 Å². The van der Waals surface area contributed by atoms with E-state index in [0.717, 1.165) is 4.90 Å². The SMILES string of the molecule is Nc1cc(CC(F)(F)F)cc(OC2CN(C(=O)O)C2)c1. The molecule has 0 radical (unpaired) electrons. The van der Waals surface area contributed by atoms with E-state index in [0.29, 0.717) is 0 Å². The highest BCUT2D eigenvalue weighted by Gasteiger charge is 2.32. The molecule has 0 atom stereocenters. The Kier molecular flexibility index (Phi) is 3.65. The molecule has 5 nitrogen and oxygen atoms in total. The minimum absolute atomic E-state index is 0.0157. The Morgan fingerprint density at radius 3 is 2.60 bits per heavy atom. The first-order chi connectivity index (χ1) is 9.23. The van der Waals surface area contributed by atoms with Gasteiger partial charge in [-0.3, -0.25) is 0 Å². The number of nitrogens with two attached hydrogens (primary N) is 1. The van der Waals surface area contributed by atoms with E-state index in [1.54, 1.807) is 0 Å². The van der Waals surface area contributed by atoms with Gasteiger partial charge in [-0.2, -0.15) is 13.2 Å². The molecule has 1 aromatic carbocycles. The normalized spacial score (nSPS) is 15.8. The first-order valence-corrected chi connectivity index (χ1v) is 5.83. The molecule has 0 saturated carbocycles. The highest BCUT2D eigenvalue weighted by atomic mass is 19.4. The minimum atomic E-state index is -4.32. The lowest BCUT2D eigenvalue weighted by molar-refractivity contribution is -0.127. The van der Waals surface area contributed by atoms with Gasteiger partial charge >= 0.3 is 12.3 Å². The molecule has 3 N–H and O–H groups in total. The first-order valence-electron chi connectivity index (χ1n) is 5.83. The number of nitrogen functional groups attached to an aromatic ring is 1. The predicted molar refractivity (Wildman–Crippen MR) is 64.6 cm³/mol. The fraction of sp³-hybridized carbons (Fsp3) is 0.417. The fourth-order valence-corrected chi connectivity index (χ4v) is 1.95. The van der Waals surface area contributed by atoms with Crippen LogP contribution in [-0.2, 0) is 6.42 Å². The fourth-order valence-electron chi connectivity index (χ4n) is 1.95. The van der Waals surface area contributed by atoms with Crippen LogP contribution in [-0.4, -0.2) is 41.5 Å². The Labute approximate surface area is 112 Å². The van der Waals surface area contributed by atoms with Crippen LogP contribution >= 0.6 is 0 Å². The topological polar surface area (TPSA) is 75.8 Å². The zero-order valence-electron chi connectivity index (χ0n) is 10.4. The lowest BCUT2D eigenvalue weighted by Crippen LogP contribution is -2.55. The summed E-state index contributed by atoms with van der Waals surface area (Å²) < 4.78 is 42.4. The number of anilines is 1. The van der Waals surface area contributed by atoms with Gasteiger partial charge in [-0.15, -0.1) is 0 Å². The zero-order valence-corrected chi connectivity index (χ0v) is 10.4. The lowest BCUT2D eigenvalue weighted by Gasteiger charge is -2.36. The van der Waals surface area contributed by atoms with Crippen LogP contribution < -0.4 is 10.5 Å². The number of amides is 1. The average molecular weight is 290 g/mol. The molecule has 1 amide bonds. The van der Waals surface area contributed by atoms with E-state index in [2.05, 4.69) is 0 Å². The summed E-state index contributed by atoms with van der Waals surface area (Å²) in [6, 6.07) is 3.93. The molecule has 1 saturated heterocycles. The van der Waals surface area contributed by atoms with E-state index in [1.807, 2.05) is 0 Å². The molecule has 2 rings (SSSR count). The second kappa shape index (κ2) is 5.10. The summed E-state index contributed by atoms with van der Waals surface area (Å²) in [6.45, 7) is 0.386. The van der Waals surface area contributed by atoms with E-state index in [1.165, 1.54) is 18.2 Å².